The lowest BCUT2D eigenvalue weighted by Gasteiger charge is -2.07. The summed E-state index contributed by atoms with van der Waals surface area (Å²) in [5.74, 6) is 1.02. The fraction of sp³-hybridized carbons (Fsp3) is 0.200. The zero-order valence-electron chi connectivity index (χ0n) is 17.6. The molecular formula is C25H24N2O3S. The molecule has 0 saturated heterocycles. The fourth-order valence-corrected chi connectivity index (χ4v) is 4.40. The van der Waals surface area contributed by atoms with Crippen molar-refractivity contribution in [2.45, 2.75) is 20.4 Å². The van der Waals surface area contributed by atoms with Crippen molar-refractivity contribution in [3.63, 3.8) is 0 Å². The fourth-order valence-electron chi connectivity index (χ4n) is 3.25. The molecule has 0 aliphatic rings. The van der Waals surface area contributed by atoms with E-state index in [0.29, 0.717) is 35.9 Å². The number of carbonyl (C=O) groups is 1. The molecule has 0 bridgehead atoms. The van der Waals surface area contributed by atoms with Gasteiger partial charge in [-0.15, -0.1) is 0 Å². The second-order valence-corrected chi connectivity index (χ2v) is 8.07. The molecule has 1 heterocycles. The average molecular weight is 433 g/mol. The number of fused-ring (bicyclic) bond motifs is 1. The van der Waals surface area contributed by atoms with Crippen molar-refractivity contribution < 1.29 is 14.3 Å². The highest BCUT2D eigenvalue weighted by atomic mass is 32.1. The zero-order valence-corrected chi connectivity index (χ0v) is 18.4. The summed E-state index contributed by atoms with van der Waals surface area (Å²) in [6.07, 6.45) is 0. The maximum absolute atomic E-state index is 13.0. The van der Waals surface area contributed by atoms with Crippen LogP contribution in [0, 0.1) is 6.92 Å². The van der Waals surface area contributed by atoms with Crippen LogP contribution in [0.15, 0.2) is 77.8 Å². The molecular weight excluding hydrogens is 408 g/mol. The molecule has 0 unspecified atom stereocenters. The van der Waals surface area contributed by atoms with E-state index in [4.69, 9.17) is 9.47 Å². The Kier molecular flexibility index (Phi) is 6.60. The smallest absolute Gasteiger partial charge is 0.279 e. The lowest BCUT2D eigenvalue weighted by Crippen LogP contribution is -2.19. The van der Waals surface area contributed by atoms with Crippen molar-refractivity contribution in [2.75, 3.05) is 13.2 Å². The first-order valence-electron chi connectivity index (χ1n) is 10.2. The van der Waals surface area contributed by atoms with Gasteiger partial charge in [-0.05, 0) is 61.9 Å². The number of ether oxygens (including phenoxy) is 2. The van der Waals surface area contributed by atoms with Gasteiger partial charge in [-0.3, -0.25) is 4.79 Å². The summed E-state index contributed by atoms with van der Waals surface area (Å²) >= 11 is 1.51. The summed E-state index contributed by atoms with van der Waals surface area (Å²) in [7, 11) is 0. The number of hydrogen-bond donors (Lipinski definition) is 0. The minimum atomic E-state index is -0.299. The van der Waals surface area contributed by atoms with Crippen LogP contribution in [0.1, 0.15) is 22.8 Å². The Hall–Kier alpha value is -3.22. The van der Waals surface area contributed by atoms with Crippen molar-refractivity contribution in [1.82, 2.24) is 4.57 Å². The Morgan fingerprint density at radius 3 is 2.61 bits per heavy atom. The molecule has 0 aliphatic heterocycles. The van der Waals surface area contributed by atoms with Gasteiger partial charge in [0, 0.05) is 18.7 Å². The summed E-state index contributed by atoms with van der Waals surface area (Å²) in [6.45, 7) is 5.89. The van der Waals surface area contributed by atoms with Gasteiger partial charge < -0.3 is 14.0 Å². The first-order chi connectivity index (χ1) is 15.1. The third-order valence-corrected chi connectivity index (χ3v) is 5.80. The molecule has 0 fully saturated rings. The molecule has 0 radical (unpaired) electrons. The number of aromatic nitrogens is 1. The standard InChI is InChI=1S/C25H24N2O3S/c1-3-29-15-14-27-22-13-12-18(2)16-23(22)31-25(27)26-24(28)19-8-7-11-21(17-19)30-20-9-5-4-6-10-20/h4-13,16-17H,3,14-15H2,1-2H3. The van der Waals surface area contributed by atoms with Gasteiger partial charge in [0.25, 0.3) is 5.91 Å². The number of nitrogens with zero attached hydrogens (tertiary/aromatic N) is 2. The van der Waals surface area contributed by atoms with Crippen LogP contribution in [0.2, 0.25) is 0 Å². The van der Waals surface area contributed by atoms with Gasteiger partial charge in [-0.1, -0.05) is 41.7 Å². The largest absolute Gasteiger partial charge is 0.457 e. The summed E-state index contributed by atoms with van der Waals surface area (Å²) in [6, 6.07) is 22.9. The van der Waals surface area contributed by atoms with Crippen molar-refractivity contribution >= 4 is 27.5 Å². The molecule has 31 heavy (non-hydrogen) atoms. The second-order valence-electron chi connectivity index (χ2n) is 7.06. The van der Waals surface area contributed by atoms with E-state index in [1.54, 1.807) is 18.2 Å². The minimum Gasteiger partial charge on any atom is -0.457 e. The topological polar surface area (TPSA) is 52.8 Å². The highest BCUT2D eigenvalue weighted by Crippen LogP contribution is 2.23. The first kappa shape index (κ1) is 21.0. The molecule has 0 N–H and O–H groups in total. The van der Waals surface area contributed by atoms with E-state index >= 15 is 0 Å². The van der Waals surface area contributed by atoms with Gasteiger partial charge in [-0.25, -0.2) is 0 Å². The normalized spacial score (nSPS) is 11.7. The van der Waals surface area contributed by atoms with Gasteiger partial charge >= 0.3 is 0 Å². The molecule has 4 rings (SSSR count). The van der Waals surface area contributed by atoms with E-state index in [2.05, 4.69) is 34.7 Å². The third kappa shape index (κ3) is 5.10. The van der Waals surface area contributed by atoms with E-state index < -0.39 is 0 Å². The average Bonchev–Trinajstić information content (AvgIpc) is 3.11. The molecule has 0 atom stereocenters. The number of amides is 1. The number of hydrogen-bond acceptors (Lipinski definition) is 4. The van der Waals surface area contributed by atoms with Gasteiger partial charge in [0.15, 0.2) is 4.80 Å². The SMILES string of the molecule is CCOCCn1c(=NC(=O)c2cccc(Oc3ccccc3)c2)sc2cc(C)ccc21. The molecule has 5 nitrogen and oxygen atoms in total. The van der Waals surface area contributed by atoms with Crippen molar-refractivity contribution in [3.8, 4) is 11.5 Å². The maximum Gasteiger partial charge on any atom is 0.279 e. The molecule has 0 saturated carbocycles. The molecule has 0 aliphatic carbocycles. The molecule has 0 spiro atoms. The number of thiazole rings is 1. The van der Waals surface area contributed by atoms with Crippen LogP contribution in [-0.2, 0) is 11.3 Å². The van der Waals surface area contributed by atoms with Crippen LogP contribution in [-0.4, -0.2) is 23.7 Å². The molecule has 1 aromatic heterocycles. The summed E-state index contributed by atoms with van der Waals surface area (Å²) in [4.78, 5) is 18.1. The highest BCUT2D eigenvalue weighted by Gasteiger charge is 2.11. The molecule has 3 aromatic carbocycles. The molecule has 4 aromatic rings. The van der Waals surface area contributed by atoms with Crippen LogP contribution in [0.25, 0.3) is 10.2 Å². The highest BCUT2D eigenvalue weighted by molar-refractivity contribution is 7.16. The lowest BCUT2D eigenvalue weighted by molar-refractivity contribution is 0.0996. The van der Waals surface area contributed by atoms with E-state index in [0.717, 1.165) is 16.0 Å². The molecule has 1 amide bonds. The van der Waals surface area contributed by atoms with Gasteiger partial charge in [0.1, 0.15) is 11.5 Å². The first-order valence-corrected chi connectivity index (χ1v) is 11.1. The maximum atomic E-state index is 13.0. The van der Waals surface area contributed by atoms with Crippen LogP contribution in [0.5, 0.6) is 11.5 Å². The summed E-state index contributed by atoms with van der Waals surface area (Å²) in [5.41, 5.74) is 2.72. The van der Waals surface area contributed by atoms with E-state index in [1.807, 2.05) is 43.3 Å². The predicted octanol–water partition coefficient (Wildman–Crippen LogP) is 5.58. The Bertz CT molecular complexity index is 1260. The van der Waals surface area contributed by atoms with Gasteiger partial charge in [0.2, 0.25) is 0 Å². The van der Waals surface area contributed by atoms with Crippen LogP contribution < -0.4 is 9.54 Å². The number of benzene rings is 3. The Balaban J connectivity index is 1.67. The number of carbonyl (C=O) groups excluding carboxylic acids is 1. The van der Waals surface area contributed by atoms with E-state index in [-0.39, 0.29) is 5.91 Å². The number of para-hydroxylation sites is 1. The van der Waals surface area contributed by atoms with Crippen molar-refractivity contribution in [2.24, 2.45) is 4.99 Å². The predicted molar refractivity (Wildman–Crippen MR) is 124 cm³/mol. The third-order valence-electron chi connectivity index (χ3n) is 4.76. The molecule has 6 heteroatoms. The van der Waals surface area contributed by atoms with E-state index in [1.165, 1.54) is 16.9 Å². The lowest BCUT2D eigenvalue weighted by atomic mass is 10.2. The monoisotopic (exact) mass is 432 g/mol. The quantitative estimate of drug-likeness (QED) is 0.358. The Labute approximate surface area is 185 Å². The van der Waals surface area contributed by atoms with E-state index in [9.17, 15) is 4.79 Å². The Morgan fingerprint density at radius 2 is 1.81 bits per heavy atom. The van der Waals surface area contributed by atoms with Gasteiger partial charge in [-0.2, -0.15) is 4.99 Å². The number of aryl methyl sites for hydroxylation is 1. The minimum absolute atomic E-state index is 0.299. The summed E-state index contributed by atoms with van der Waals surface area (Å²) in [5, 5.41) is 0. The van der Waals surface area contributed by atoms with Gasteiger partial charge in [0.05, 0.1) is 16.8 Å². The molecule has 158 valence electrons. The summed E-state index contributed by atoms with van der Waals surface area (Å²) < 4.78 is 14.5. The van der Waals surface area contributed by atoms with Crippen LogP contribution >= 0.6 is 11.3 Å². The van der Waals surface area contributed by atoms with Crippen LogP contribution in [0.3, 0.4) is 0 Å². The van der Waals surface area contributed by atoms with Crippen LogP contribution in [0.4, 0.5) is 0 Å². The Morgan fingerprint density at radius 1 is 1.00 bits per heavy atom. The second kappa shape index (κ2) is 9.73. The van der Waals surface area contributed by atoms with Crippen molar-refractivity contribution in [1.29, 1.82) is 0 Å². The number of rotatable bonds is 7. The zero-order chi connectivity index (χ0) is 21.6. The van der Waals surface area contributed by atoms with Crippen molar-refractivity contribution in [3.05, 3.63) is 88.7 Å².